The molecule has 2 aromatic carbocycles. The molecular formula is C28H28Cl2N2O2S. The molecule has 0 fully saturated rings. The van der Waals surface area contributed by atoms with Crippen LogP contribution in [0.5, 0.6) is 11.5 Å². The summed E-state index contributed by atoms with van der Waals surface area (Å²) in [7, 11) is 1.61. The van der Waals surface area contributed by atoms with E-state index in [0.29, 0.717) is 34.1 Å². The molecule has 35 heavy (non-hydrogen) atoms. The molecule has 0 spiro atoms. The fourth-order valence-corrected chi connectivity index (χ4v) is 5.87. The maximum atomic E-state index is 9.82. The van der Waals surface area contributed by atoms with Crippen molar-refractivity contribution < 1.29 is 9.47 Å². The van der Waals surface area contributed by atoms with Crippen molar-refractivity contribution in [1.29, 1.82) is 5.26 Å². The van der Waals surface area contributed by atoms with Crippen LogP contribution in [-0.2, 0) is 19.4 Å². The van der Waals surface area contributed by atoms with Gasteiger partial charge in [0.05, 0.1) is 22.7 Å². The number of fused-ring (bicyclic) bond motifs is 1. The van der Waals surface area contributed by atoms with Crippen molar-refractivity contribution in [2.75, 3.05) is 7.11 Å². The lowest BCUT2D eigenvalue weighted by Gasteiger charge is -2.33. The van der Waals surface area contributed by atoms with Crippen LogP contribution in [0.2, 0.25) is 10.0 Å². The van der Waals surface area contributed by atoms with Gasteiger partial charge in [-0.15, -0.1) is 11.3 Å². The van der Waals surface area contributed by atoms with E-state index < -0.39 is 0 Å². The van der Waals surface area contributed by atoms with Crippen LogP contribution in [0, 0.1) is 22.7 Å². The Labute approximate surface area is 221 Å². The van der Waals surface area contributed by atoms with Crippen molar-refractivity contribution in [1.82, 2.24) is 0 Å². The number of thiophene rings is 1. The summed E-state index contributed by atoms with van der Waals surface area (Å²) >= 11 is 13.7. The molecule has 1 aromatic heterocycles. The predicted molar refractivity (Wildman–Crippen MR) is 145 cm³/mol. The largest absolute Gasteiger partial charge is 0.493 e. The van der Waals surface area contributed by atoms with Crippen LogP contribution in [0.1, 0.15) is 54.3 Å². The zero-order chi connectivity index (χ0) is 25.2. The van der Waals surface area contributed by atoms with Gasteiger partial charge in [0.2, 0.25) is 0 Å². The molecule has 4 rings (SSSR count). The van der Waals surface area contributed by atoms with Gasteiger partial charge in [-0.2, -0.15) is 5.26 Å². The van der Waals surface area contributed by atoms with Gasteiger partial charge in [0.15, 0.2) is 11.5 Å². The zero-order valence-corrected chi connectivity index (χ0v) is 22.7. The van der Waals surface area contributed by atoms with Crippen LogP contribution in [0.3, 0.4) is 0 Å². The maximum absolute atomic E-state index is 9.82. The number of benzene rings is 2. The number of ether oxygens (including phenoxy) is 2. The van der Waals surface area contributed by atoms with Gasteiger partial charge in [-0.1, -0.05) is 50.0 Å². The highest BCUT2D eigenvalue weighted by Crippen LogP contribution is 2.45. The topological polar surface area (TPSA) is 54.6 Å². The summed E-state index contributed by atoms with van der Waals surface area (Å²) in [6, 6.07) is 13.5. The van der Waals surface area contributed by atoms with Crippen LogP contribution >= 0.6 is 34.5 Å². The zero-order valence-electron chi connectivity index (χ0n) is 20.3. The number of rotatable bonds is 6. The highest BCUT2D eigenvalue weighted by molar-refractivity contribution is 7.16. The Balaban J connectivity index is 1.51. The summed E-state index contributed by atoms with van der Waals surface area (Å²) in [6.45, 7) is 7.23. The fraction of sp³-hybridized carbons (Fsp3) is 0.357. The molecule has 182 valence electrons. The summed E-state index contributed by atoms with van der Waals surface area (Å²) < 4.78 is 11.5. The lowest BCUT2D eigenvalue weighted by atomic mass is 9.72. The van der Waals surface area contributed by atoms with E-state index in [1.807, 2.05) is 24.3 Å². The van der Waals surface area contributed by atoms with Gasteiger partial charge < -0.3 is 9.47 Å². The van der Waals surface area contributed by atoms with Crippen molar-refractivity contribution in [2.45, 2.75) is 46.6 Å². The quantitative estimate of drug-likeness (QED) is 0.303. The van der Waals surface area contributed by atoms with Crippen molar-refractivity contribution in [3.8, 4) is 17.6 Å². The summed E-state index contributed by atoms with van der Waals surface area (Å²) in [5.41, 5.74) is 3.95. The van der Waals surface area contributed by atoms with Crippen LogP contribution in [0.25, 0.3) is 0 Å². The molecule has 1 heterocycles. The Morgan fingerprint density at radius 3 is 2.63 bits per heavy atom. The molecule has 0 unspecified atom stereocenters. The van der Waals surface area contributed by atoms with Crippen molar-refractivity contribution in [3.05, 3.63) is 73.6 Å². The molecule has 1 aliphatic carbocycles. The van der Waals surface area contributed by atoms with Crippen LogP contribution in [0.4, 0.5) is 5.00 Å². The molecule has 0 radical (unpaired) electrons. The van der Waals surface area contributed by atoms with Gasteiger partial charge in [-0.05, 0) is 77.6 Å². The van der Waals surface area contributed by atoms with Gasteiger partial charge >= 0.3 is 0 Å². The average Bonchev–Trinajstić information content (AvgIpc) is 3.19. The van der Waals surface area contributed by atoms with E-state index in [-0.39, 0.29) is 5.41 Å². The summed E-state index contributed by atoms with van der Waals surface area (Å²) in [6.07, 6.45) is 4.87. The number of hydrogen-bond acceptors (Lipinski definition) is 5. The van der Waals surface area contributed by atoms with Gasteiger partial charge in [0.1, 0.15) is 17.7 Å². The van der Waals surface area contributed by atoms with E-state index in [9.17, 15) is 5.26 Å². The monoisotopic (exact) mass is 526 g/mol. The van der Waals surface area contributed by atoms with E-state index in [2.05, 4.69) is 26.8 Å². The third kappa shape index (κ3) is 5.83. The molecule has 7 heteroatoms. The third-order valence-corrected chi connectivity index (χ3v) is 8.38. The first-order valence-corrected chi connectivity index (χ1v) is 13.1. The van der Waals surface area contributed by atoms with Crippen LogP contribution < -0.4 is 9.47 Å². The number of hydrogen-bond donors (Lipinski definition) is 0. The minimum Gasteiger partial charge on any atom is -0.493 e. The fourth-order valence-electron chi connectivity index (χ4n) is 4.32. The highest BCUT2D eigenvalue weighted by Gasteiger charge is 2.32. The molecule has 0 N–H and O–H groups in total. The standard InChI is InChI=1S/C28H28Cl2N2O2S/c1-28(2,3)19-7-8-20-21(14-31)27(35-26(20)13-19)32-15-17-6-10-24(25(12-17)33-4)34-16-18-5-9-22(29)23(30)11-18/h5-6,9-12,15,19H,7-8,13,16H2,1-4H3/t19-/m1/s1. The van der Waals surface area contributed by atoms with Gasteiger partial charge in [0.25, 0.3) is 0 Å². The van der Waals surface area contributed by atoms with Gasteiger partial charge in [-0.3, -0.25) is 0 Å². The number of nitriles is 1. The molecular weight excluding hydrogens is 499 g/mol. The SMILES string of the molecule is COc1cc(C=Nc2sc3c(c2C#N)CC[C@@H](C(C)(C)C)C3)ccc1OCc1ccc(Cl)c(Cl)c1. The minimum atomic E-state index is 0.262. The molecule has 4 nitrogen and oxygen atoms in total. The second-order valence-electron chi connectivity index (χ2n) is 9.81. The van der Waals surface area contributed by atoms with E-state index in [1.165, 1.54) is 10.4 Å². The first-order chi connectivity index (χ1) is 16.7. The molecule has 0 bridgehead atoms. The van der Waals surface area contributed by atoms with Crippen LogP contribution in [-0.4, -0.2) is 13.3 Å². The summed E-state index contributed by atoms with van der Waals surface area (Å²) in [4.78, 5) is 6.01. The third-order valence-electron chi connectivity index (χ3n) is 6.48. The van der Waals surface area contributed by atoms with E-state index >= 15 is 0 Å². The summed E-state index contributed by atoms with van der Waals surface area (Å²) in [5, 5.41) is 11.6. The van der Waals surface area contributed by atoms with E-state index in [0.717, 1.165) is 41.0 Å². The van der Waals surface area contributed by atoms with Crippen molar-refractivity contribution in [2.24, 2.45) is 16.3 Å². The molecule has 3 aromatic rings. The lowest BCUT2D eigenvalue weighted by Crippen LogP contribution is -2.26. The second-order valence-corrected chi connectivity index (χ2v) is 11.7. The predicted octanol–water partition coefficient (Wildman–Crippen LogP) is 8.42. The Morgan fingerprint density at radius 2 is 1.94 bits per heavy atom. The summed E-state index contributed by atoms with van der Waals surface area (Å²) in [5.74, 6) is 1.85. The Kier molecular flexibility index (Phi) is 7.76. The van der Waals surface area contributed by atoms with E-state index in [1.54, 1.807) is 36.8 Å². The lowest BCUT2D eigenvalue weighted by molar-refractivity contribution is 0.218. The van der Waals surface area contributed by atoms with Gasteiger partial charge in [-0.25, -0.2) is 4.99 Å². The van der Waals surface area contributed by atoms with Gasteiger partial charge in [0, 0.05) is 11.1 Å². The molecule has 0 saturated carbocycles. The molecule has 0 aliphatic heterocycles. The Hall–Kier alpha value is -2.52. The first kappa shape index (κ1) is 25.6. The number of methoxy groups -OCH3 is 1. The molecule has 1 aliphatic rings. The molecule has 0 amide bonds. The number of nitrogens with zero attached hydrogens (tertiary/aromatic N) is 2. The number of halogens is 2. The van der Waals surface area contributed by atoms with Crippen molar-refractivity contribution >= 4 is 45.8 Å². The Morgan fingerprint density at radius 1 is 1.14 bits per heavy atom. The van der Waals surface area contributed by atoms with Crippen LogP contribution in [0.15, 0.2) is 41.4 Å². The van der Waals surface area contributed by atoms with Crippen molar-refractivity contribution in [3.63, 3.8) is 0 Å². The average molecular weight is 528 g/mol. The first-order valence-electron chi connectivity index (χ1n) is 11.5. The Bertz CT molecular complexity index is 1300. The highest BCUT2D eigenvalue weighted by atomic mass is 35.5. The smallest absolute Gasteiger partial charge is 0.161 e. The molecule has 1 atom stereocenters. The van der Waals surface area contributed by atoms with E-state index in [4.69, 9.17) is 37.7 Å². The minimum absolute atomic E-state index is 0.262. The number of aliphatic imine (C=N–C) groups is 1. The normalized spacial score (nSPS) is 15.6. The molecule has 0 saturated heterocycles. The maximum Gasteiger partial charge on any atom is 0.161 e. The second kappa shape index (κ2) is 10.6.